The number of hydrogen-bond acceptors (Lipinski definition) is 5. The maximum Gasteiger partial charge on any atom is 0.338 e. The molecule has 0 fully saturated rings. The van der Waals surface area contributed by atoms with Gasteiger partial charge in [0.1, 0.15) is 5.75 Å². The van der Waals surface area contributed by atoms with E-state index in [0.717, 1.165) is 11.3 Å². The summed E-state index contributed by atoms with van der Waals surface area (Å²) >= 11 is 0. The quantitative estimate of drug-likeness (QED) is 0.865. The molecule has 0 saturated heterocycles. The molecule has 25 heavy (non-hydrogen) atoms. The Labute approximate surface area is 146 Å². The minimum Gasteiger partial charge on any atom is -0.508 e. The first-order valence-corrected chi connectivity index (χ1v) is 8.07. The van der Waals surface area contributed by atoms with E-state index < -0.39 is 0 Å². The Morgan fingerprint density at radius 3 is 2.52 bits per heavy atom. The predicted molar refractivity (Wildman–Crippen MR) is 94.3 cm³/mol. The predicted octanol–water partition coefficient (Wildman–Crippen LogP) is 3.58. The van der Waals surface area contributed by atoms with Crippen molar-refractivity contribution in [2.24, 2.45) is 0 Å². The second kappa shape index (κ2) is 7.10. The van der Waals surface area contributed by atoms with Crippen LogP contribution in [0.3, 0.4) is 0 Å². The van der Waals surface area contributed by atoms with Gasteiger partial charge < -0.3 is 14.7 Å². The number of rotatable bonds is 4. The highest BCUT2D eigenvalue weighted by Crippen LogP contribution is 2.34. The first kappa shape index (κ1) is 16.6. The van der Waals surface area contributed by atoms with E-state index >= 15 is 0 Å². The third-order valence-corrected chi connectivity index (χ3v) is 4.18. The molecule has 0 aliphatic carbocycles. The van der Waals surface area contributed by atoms with E-state index in [1.807, 2.05) is 35.4 Å². The van der Waals surface area contributed by atoms with E-state index in [1.165, 1.54) is 0 Å². The van der Waals surface area contributed by atoms with Crippen molar-refractivity contribution in [1.29, 1.82) is 5.26 Å². The molecule has 1 aliphatic rings. The monoisotopic (exact) mass is 334 g/mol. The summed E-state index contributed by atoms with van der Waals surface area (Å²) in [4.78, 5) is 13.7. The van der Waals surface area contributed by atoms with Gasteiger partial charge in [0.05, 0.1) is 23.8 Å². The lowest BCUT2D eigenvalue weighted by Gasteiger charge is -2.18. The number of esters is 1. The smallest absolute Gasteiger partial charge is 0.338 e. The van der Waals surface area contributed by atoms with Crippen molar-refractivity contribution < 1.29 is 14.6 Å². The highest BCUT2D eigenvalue weighted by Gasteiger charge is 2.27. The molecule has 1 unspecified atom stereocenters. The number of hydrogen-bond donors (Lipinski definition) is 1. The first-order valence-electron chi connectivity index (χ1n) is 8.07. The Bertz CT molecular complexity index is 833. The van der Waals surface area contributed by atoms with Gasteiger partial charge >= 0.3 is 5.97 Å². The summed E-state index contributed by atoms with van der Waals surface area (Å²) in [5, 5.41) is 18.9. The van der Waals surface area contributed by atoms with Gasteiger partial charge in [-0.05, 0) is 48.9 Å². The van der Waals surface area contributed by atoms with Crippen LogP contribution in [0.15, 0.2) is 60.3 Å². The summed E-state index contributed by atoms with van der Waals surface area (Å²) in [5.41, 5.74) is 3.06. The SMILES string of the molecule is CCOC(=O)c1ccc(N2C=C(C#N)C(c3ccc(O)cc3)C2)cc1. The third-order valence-electron chi connectivity index (χ3n) is 4.18. The Morgan fingerprint density at radius 2 is 1.92 bits per heavy atom. The number of nitrogens with zero attached hydrogens (tertiary/aromatic N) is 2. The molecule has 0 amide bonds. The fourth-order valence-corrected chi connectivity index (χ4v) is 2.89. The number of benzene rings is 2. The second-order valence-electron chi connectivity index (χ2n) is 5.76. The van der Waals surface area contributed by atoms with E-state index in [4.69, 9.17) is 4.74 Å². The lowest BCUT2D eigenvalue weighted by molar-refractivity contribution is 0.0526. The molecule has 126 valence electrons. The van der Waals surface area contributed by atoms with Crippen LogP contribution in [0.4, 0.5) is 5.69 Å². The number of phenolic OH excluding ortho intramolecular Hbond substituents is 1. The molecule has 0 bridgehead atoms. The normalized spacial score (nSPS) is 16.2. The average Bonchev–Trinajstić information content (AvgIpc) is 3.07. The molecular weight excluding hydrogens is 316 g/mol. The van der Waals surface area contributed by atoms with Crippen LogP contribution in [0.1, 0.15) is 28.8 Å². The zero-order valence-corrected chi connectivity index (χ0v) is 13.8. The number of carbonyl (C=O) groups excluding carboxylic acids is 1. The third kappa shape index (κ3) is 3.48. The first-order chi connectivity index (χ1) is 12.1. The number of nitriles is 1. The summed E-state index contributed by atoms with van der Waals surface area (Å²) in [6, 6.07) is 16.3. The van der Waals surface area contributed by atoms with Crippen molar-refractivity contribution in [1.82, 2.24) is 0 Å². The number of carbonyl (C=O) groups is 1. The molecule has 0 saturated carbocycles. The fraction of sp³-hybridized carbons (Fsp3) is 0.200. The van der Waals surface area contributed by atoms with Gasteiger partial charge in [-0.2, -0.15) is 5.26 Å². The van der Waals surface area contributed by atoms with Gasteiger partial charge in [0.2, 0.25) is 0 Å². The Kier molecular flexibility index (Phi) is 4.71. The van der Waals surface area contributed by atoms with Crippen LogP contribution in [0.2, 0.25) is 0 Å². The van der Waals surface area contributed by atoms with Crippen LogP contribution in [-0.4, -0.2) is 24.2 Å². The molecule has 1 aliphatic heterocycles. The molecule has 1 heterocycles. The average molecular weight is 334 g/mol. The van der Waals surface area contributed by atoms with Crippen LogP contribution < -0.4 is 4.90 Å². The molecule has 0 aromatic heterocycles. The van der Waals surface area contributed by atoms with E-state index in [9.17, 15) is 15.2 Å². The fourth-order valence-electron chi connectivity index (χ4n) is 2.89. The lowest BCUT2D eigenvalue weighted by atomic mass is 9.94. The topological polar surface area (TPSA) is 73.6 Å². The van der Waals surface area contributed by atoms with Crippen LogP contribution in [0, 0.1) is 11.3 Å². The van der Waals surface area contributed by atoms with E-state index in [0.29, 0.717) is 24.3 Å². The Morgan fingerprint density at radius 1 is 1.24 bits per heavy atom. The summed E-state index contributed by atoms with van der Waals surface area (Å²) in [6.07, 6.45) is 1.83. The Balaban J connectivity index is 1.80. The molecule has 1 N–H and O–H groups in total. The molecule has 2 aromatic rings. The number of aromatic hydroxyl groups is 1. The van der Waals surface area contributed by atoms with Crippen molar-refractivity contribution in [2.75, 3.05) is 18.1 Å². The molecule has 1 atom stereocenters. The molecule has 5 heteroatoms. The van der Waals surface area contributed by atoms with Crippen LogP contribution in [0.25, 0.3) is 0 Å². The number of phenols is 1. The Hall–Kier alpha value is -3.26. The molecule has 2 aromatic carbocycles. The van der Waals surface area contributed by atoms with Crippen molar-refractivity contribution in [3.8, 4) is 11.8 Å². The molecule has 0 spiro atoms. The highest BCUT2D eigenvalue weighted by molar-refractivity contribution is 5.89. The zero-order valence-electron chi connectivity index (χ0n) is 13.8. The van der Waals surface area contributed by atoms with Crippen molar-refractivity contribution in [3.05, 3.63) is 71.4 Å². The van der Waals surface area contributed by atoms with Crippen LogP contribution >= 0.6 is 0 Å². The lowest BCUT2D eigenvalue weighted by Crippen LogP contribution is -2.16. The second-order valence-corrected chi connectivity index (χ2v) is 5.76. The van der Waals surface area contributed by atoms with Gasteiger partial charge in [0, 0.05) is 24.4 Å². The number of anilines is 1. The molecule has 0 radical (unpaired) electrons. The van der Waals surface area contributed by atoms with Gasteiger partial charge in [-0.1, -0.05) is 12.1 Å². The largest absolute Gasteiger partial charge is 0.508 e. The van der Waals surface area contributed by atoms with Gasteiger partial charge in [0.25, 0.3) is 0 Å². The van der Waals surface area contributed by atoms with Crippen LogP contribution in [0.5, 0.6) is 5.75 Å². The molecule has 5 nitrogen and oxygen atoms in total. The maximum atomic E-state index is 11.7. The van der Waals surface area contributed by atoms with Gasteiger partial charge in [-0.3, -0.25) is 0 Å². The van der Waals surface area contributed by atoms with Gasteiger partial charge in [-0.15, -0.1) is 0 Å². The van der Waals surface area contributed by atoms with E-state index in [-0.39, 0.29) is 17.6 Å². The summed E-state index contributed by atoms with van der Waals surface area (Å²) in [6.45, 7) is 2.75. The maximum absolute atomic E-state index is 11.7. The van der Waals surface area contributed by atoms with Gasteiger partial charge in [-0.25, -0.2) is 4.79 Å². The van der Waals surface area contributed by atoms with Crippen LogP contribution in [-0.2, 0) is 4.74 Å². The standard InChI is InChI=1S/C20H18N2O3/c1-2-25-20(24)15-3-7-17(8-4-15)22-12-16(11-21)19(13-22)14-5-9-18(23)10-6-14/h3-10,12,19,23H,2,13H2,1H3. The van der Waals surface area contributed by atoms with E-state index in [1.54, 1.807) is 31.2 Å². The van der Waals surface area contributed by atoms with E-state index in [2.05, 4.69) is 6.07 Å². The number of ether oxygens (including phenoxy) is 1. The molecule has 3 rings (SSSR count). The van der Waals surface area contributed by atoms with Gasteiger partial charge in [0.15, 0.2) is 0 Å². The summed E-state index contributed by atoms with van der Waals surface area (Å²) in [7, 11) is 0. The summed E-state index contributed by atoms with van der Waals surface area (Å²) in [5.74, 6) is -0.184. The van der Waals surface area contributed by atoms with Crippen molar-refractivity contribution >= 4 is 11.7 Å². The van der Waals surface area contributed by atoms with Crippen molar-refractivity contribution in [2.45, 2.75) is 12.8 Å². The zero-order chi connectivity index (χ0) is 17.8. The summed E-state index contributed by atoms with van der Waals surface area (Å²) < 4.78 is 4.98. The highest BCUT2D eigenvalue weighted by atomic mass is 16.5. The van der Waals surface area contributed by atoms with Crippen molar-refractivity contribution in [3.63, 3.8) is 0 Å². The minimum atomic E-state index is -0.342. The molecular formula is C20H18N2O3. The minimum absolute atomic E-state index is 0.0460.